The van der Waals surface area contributed by atoms with Gasteiger partial charge in [-0.2, -0.15) is 18.3 Å². The number of nitrogens with zero attached hydrogens (tertiary/aromatic N) is 5. The van der Waals surface area contributed by atoms with Gasteiger partial charge in [-0.1, -0.05) is 0 Å². The van der Waals surface area contributed by atoms with Gasteiger partial charge in [0.2, 0.25) is 5.91 Å². The van der Waals surface area contributed by atoms with Gasteiger partial charge in [0.15, 0.2) is 5.69 Å². The third-order valence-electron chi connectivity index (χ3n) is 4.63. The molecule has 0 aliphatic carbocycles. The van der Waals surface area contributed by atoms with Crippen LogP contribution in [-0.4, -0.2) is 50.3 Å². The van der Waals surface area contributed by atoms with E-state index in [0.29, 0.717) is 31.2 Å². The molecule has 3 rings (SSSR count). The highest BCUT2D eigenvalue weighted by Crippen LogP contribution is 2.30. The first-order valence-corrected chi connectivity index (χ1v) is 8.74. The largest absolute Gasteiger partial charge is 0.434 e. The Balaban J connectivity index is 1.52. The second kappa shape index (κ2) is 7.34. The Kier molecular flexibility index (Phi) is 5.27. The molecule has 3 heterocycles. The van der Waals surface area contributed by atoms with Crippen LogP contribution in [0.25, 0.3) is 0 Å². The van der Waals surface area contributed by atoms with Gasteiger partial charge >= 0.3 is 6.18 Å². The number of halogens is 3. The first-order chi connectivity index (χ1) is 12.6. The molecule has 2 aromatic heterocycles. The van der Waals surface area contributed by atoms with E-state index in [1.165, 1.54) is 0 Å². The van der Waals surface area contributed by atoms with Crippen molar-refractivity contribution < 1.29 is 18.0 Å². The van der Waals surface area contributed by atoms with Crippen molar-refractivity contribution in [2.45, 2.75) is 32.5 Å². The van der Waals surface area contributed by atoms with Crippen LogP contribution in [0.15, 0.2) is 12.3 Å². The lowest BCUT2D eigenvalue weighted by atomic mass is 9.99. The maximum atomic E-state index is 12.8. The normalized spacial score (nSPS) is 17.2. The van der Waals surface area contributed by atoms with Crippen molar-refractivity contribution in [1.29, 1.82) is 0 Å². The Hall–Kier alpha value is -2.36. The second-order valence-corrected chi connectivity index (χ2v) is 7.14. The van der Waals surface area contributed by atoms with Crippen molar-refractivity contribution in [2.75, 3.05) is 25.5 Å². The lowest BCUT2D eigenvalue weighted by Crippen LogP contribution is -2.36. The van der Waals surface area contributed by atoms with Crippen LogP contribution in [0.1, 0.15) is 23.6 Å². The molecule has 0 bridgehead atoms. The third-order valence-corrected chi connectivity index (χ3v) is 4.63. The molecule has 0 saturated carbocycles. The van der Waals surface area contributed by atoms with E-state index in [2.05, 4.69) is 15.4 Å². The number of amides is 1. The van der Waals surface area contributed by atoms with Gasteiger partial charge < -0.3 is 9.88 Å². The summed E-state index contributed by atoms with van der Waals surface area (Å²) in [6.45, 7) is 3.15. The quantitative estimate of drug-likeness (QED) is 0.857. The lowest BCUT2D eigenvalue weighted by Gasteiger charge is -2.27. The average molecular weight is 384 g/mol. The first kappa shape index (κ1) is 19.4. The molecule has 0 unspecified atom stereocenters. The Morgan fingerprint density at radius 2 is 2.19 bits per heavy atom. The molecule has 0 spiro atoms. The van der Waals surface area contributed by atoms with Crippen molar-refractivity contribution >= 4 is 11.7 Å². The van der Waals surface area contributed by atoms with Gasteiger partial charge in [0.05, 0.1) is 12.2 Å². The van der Waals surface area contributed by atoms with Gasteiger partial charge in [-0.3, -0.25) is 14.4 Å². The average Bonchev–Trinajstić information content (AvgIpc) is 3.09. The summed E-state index contributed by atoms with van der Waals surface area (Å²) >= 11 is 0. The number of aryl methyl sites for hydroxylation is 3. The zero-order valence-corrected chi connectivity index (χ0v) is 15.5. The number of fused-ring (bicyclic) bond motifs is 1. The summed E-state index contributed by atoms with van der Waals surface area (Å²) in [5.41, 5.74) is -0.0184. The molecule has 0 aromatic carbocycles. The van der Waals surface area contributed by atoms with Gasteiger partial charge in [0.1, 0.15) is 11.6 Å². The van der Waals surface area contributed by atoms with Crippen LogP contribution in [0, 0.1) is 12.8 Å². The molecular weight excluding hydrogens is 361 g/mol. The predicted octanol–water partition coefficient (Wildman–Crippen LogP) is 2.08. The minimum absolute atomic E-state index is 0.154. The summed E-state index contributed by atoms with van der Waals surface area (Å²) < 4.78 is 41.6. The topological polar surface area (TPSA) is 68.0 Å². The van der Waals surface area contributed by atoms with Crippen molar-refractivity contribution in [1.82, 2.24) is 24.2 Å². The van der Waals surface area contributed by atoms with Crippen LogP contribution < -0.4 is 5.32 Å². The molecule has 1 atom stereocenters. The lowest BCUT2D eigenvalue weighted by molar-refractivity contribution is -0.141. The highest BCUT2D eigenvalue weighted by Gasteiger charge is 2.35. The number of nitrogens with one attached hydrogen (secondary N) is 1. The van der Waals surface area contributed by atoms with Crippen LogP contribution in [0.3, 0.4) is 0 Å². The fraction of sp³-hybridized carbons (Fsp3) is 0.588. The van der Waals surface area contributed by atoms with Crippen molar-refractivity contribution in [3.05, 3.63) is 29.5 Å². The SMILES string of the molecule is Cc1cc(NC(=O)CN(C)C[C@@H]2CCc3nc(C(F)(F)F)cn3C2)n(C)n1. The number of alkyl halides is 3. The van der Waals surface area contributed by atoms with E-state index < -0.39 is 11.9 Å². The van der Waals surface area contributed by atoms with E-state index in [1.807, 2.05) is 18.9 Å². The second-order valence-electron chi connectivity index (χ2n) is 7.14. The zero-order chi connectivity index (χ0) is 19.8. The van der Waals surface area contributed by atoms with Crippen molar-refractivity contribution in [3.63, 3.8) is 0 Å². The zero-order valence-electron chi connectivity index (χ0n) is 15.5. The van der Waals surface area contributed by atoms with E-state index in [-0.39, 0.29) is 18.4 Å². The van der Waals surface area contributed by atoms with E-state index in [4.69, 9.17) is 0 Å². The number of rotatable bonds is 5. The number of carbonyl (C=O) groups is 1. The van der Waals surface area contributed by atoms with E-state index in [0.717, 1.165) is 18.3 Å². The summed E-state index contributed by atoms with van der Waals surface area (Å²) in [4.78, 5) is 17.8. The minimum Gasteiger partial charge on any atom is -0.334 e. The summed E-state index contributed by atoms with van der Waals surface area (Å²) in [7, 11) is 3.59. The highest BCUT2D eigenvalue weighted by atomic mass is 19.4. The van der Waals surface area contributed by atoms with Crippen LogP contribution >= 0.6 is 0 Å². The molecule has 27 heavy (non-hydrogen) atoms. The molecule has 0 saturated heterocycles. The summed E-state index contributed by atoms with van der Waals surface area (Å²) in [5, 5.41) is 6.99. The van der Waals surface area contributed by atoms with Crippen LogP contribution in [0.5, 0.6) is 0 Å². The molecule has 148 valence electrons. The number of hydrogen-bond acceptors (Lipinski definition) is 4. The summed E-state index contributed by atoms with van der Waals surface area (Å²) in [6, 6.07) is 1.79. The van der Waals surface area contributed by atoms with Crippen LogP contribution in [-0.2, 0) is 31.0 Å². The number of imidazole rings is 1. The molecule has 7 nitrogen and oxygen atoms in total. The molecular formula is C17H23F3N6O. The fourth-order valence-electron chi connectivity index (χ4n) is 3.46. The molecule has 1 aliphatic heterocycles. The molecule has 1 amide bonds. The maximum absolute atomic E-state index is 12.8. The smallest absolute Gasteiger partial charge is 0.334 e. The number of anilines is 1. The van der Waals surface area contributed by atoms with Gasteiger partial charge in [0, 0.05) is 38.8 Å². The molecule has 0 radical (unpaired) electrons. The van der Waals surface area contributed by atoms with Gasteiger partial charge in [-0.25, -0.2) is 4.98 Å². The predicted molar refractivity (Wildman–Crippen MR) is 93.1 cm³/mol. The molecule has 2 aromatic rings. The Morgan fingerprint density at radius 1 is 1.44 bits per heavy atom. The Bertz CT molecular complexity index is 825. The number of aromatic nitrogens is 4. The van der Waals surface area contributed by atoms with Gasteiger partial charge in [-0.05, 0) is 26.3 Å². The summed E-state index contributed by atoms with van der Waals surface area (Å²) in [6.07, 6.45) is -2.08. The van der Waals surface area contributed by atoms with E-state index in [1.54, 1.807) is 22.4 Å². The van der Waals surface area contributed by atoms with Gasteiger partial charge in [0.25, 0.3) is 0 Å². The highest BCUT2D eigenvalue weighted by molar-refractivity contribution is 5.91. The number of likely N-dealkylation sites (N-methyl/N-ethyl adjacent to an activating group) is 1. The third kappa shape index (κ3) is 4.68. The summed E-state index contributed by atoms with van der Waals surface area (Å²) in [5.74, 6) is 1.13. The van der Waals surface area contributed by atoms with Crippen LogP contribution in [0.4, 0.5) is 19.0 Å². The maximum Gasteiger partial charge on any atom is 0.434 e. The first-order valence-electron chi connectivity index (χ1n) is 8.74. The standard InChI is InChI=1S/C17H23F3N6O/c1-11-6-15(25(3)23-11)22-16(27)10-24(2)7-12-4-5-14-21-13(17(18,19)20)9-26(14)8-12/h6,9,12H,4-5,7-8,10H2,1-3H3,(H,22,27)/t12-/m0/s1. The monoisotopic (exact) mass is 384 g/mol. The number of hydrogen-bond donors (Lipinski definition) is 1. The number of carbonyl (C=O) groups excluding carboxylic acids is 1. The Labute approximate surface area is 155 Å². The molecule has 1 aliphatic rings. The molecule has 10 heteroatoms. The van der Waals surface area contributed by atoms with Crippen molar-refractivity contribution in [3.8, 4) is 0 Å². The van der Waals surface area contributed by atoms with Gasteiger partial charge in [-0.15, -0.1) is 0 Å². The van der Waals surface area contributed by atoms with E-state index >= 15 is 0 Å². The van der Waals surface area contributed by atoms with Crippen LogP contribution in [0.2, 0.25) is 0 Å². The minimum atomic E-state index is -4.42. The molecule has 1 N–H and O–H groups in total. The fourth-order valence-corrected chi connectivity index (χ4v) is 3.46. The van der Waals surface area contributed by atoms with Crippen molar-refractivity contribution in [2.24, 2.45) is 13.0 Å². The van der Waals surface area contributed by atoms with E-state index in [9.17, 15) is 18.0 Å². The molecule has 0 fully saturated rings. The Morgan fingerprint density at radius 3 is 2.81 bits per heavy atom.